The number of rotatable bonds is 9. The summed E-state index contributed by atoms with van der Waals surface area (Å²) in [5.41, 5.74) is 2.72. The molecule has 3 aromatic heterocycles. The summed E-state index contributed by atoms with van der Waals surface area (Å²) in [6.07, 6.45) is 2.45. The van der Waals surface area contributed by atoms with E-state index in [1.54, 1.807) is 6.26 Å². The number of aryl methyl sites for hydroxylation is 1. The fraction of sp³-hybridized carbons (Fsp3) is 0.310. The number of H-pyrrole nitrogens is 1. The standard InChI is InChI=1S/C29H31ClN6O2/c1-5-29(3,4)36-27(32-33-34-36)26(23-16-20-12-8-10-19(2)25(20)31-28(23)37)35(18-22-13-9-15-38-22)17-21-11-6-7-14-24(21)30/h6-16,26H,5,17-18H2,1-4H3,(H,31,37)/t26-/m1/s1. The lowest BCUT2D eigenvalue weighted by atomic mass is 9.98. The zero-order valence-corrected chi connectivity index (χ0v) is 22.7. The highest BCUT2D eigenvalue weighted by atomic mass is 35.5. The highest BCUT2D eigenvalue weighted by Crippen LogP contribution is 2.34. The molecule has 8 nitrogen and oxygen atoms in total. The lowest BCUT2D eigenvalue weighted by molar-refractivity contribution is 0.168. The van der Waals surface area contributed by atoms with Crippen LogP contribution < -0.4 is 5.56 Å². The summed E-state index contributed by atoms with van der Waals surface area (Å²) in [7, 11) is 0. The van der Waals surface area contributed by atoms with Crippen LogP contribution in [-0.2, 0) is 18.6 Å². The molecule has 0 saturated carbocycles. The molecule has 0 aliphatic rings. The normalized spacial score (nSPS) is 12.9. The first-order chi connectivity index (χ1) is 18.3. The maximum absolute atomic E-state index is 13.8. The van der Waals surface area contributed by atoms with Crippen LogP contribution in [0, 0.1) is 6.92 Å². The van der Waals surface area contributed by atoms with Gasteiger partial charge in [0.05, 0.1) is 23.9 Å². The fourth-order valence-electron chi connectivity index (χ4n) is 4.73. The van der Waals surface area contributed by atoms with Crippen LogP contribution in [0.3, 0.4) is 0 Å². The average Bonchev–Trinajstić information content (AvgIpc) is 3.59. The maximum atomic E-state index is 13.8. The highest BCUT2D eigenvalue weighted by molar-refractivity contribution is 6.31. The van der Waals surface area contributed by atoms with Gasteiger partial charge < -0.3 is 9.40 Å². The van der Waals surface area contributed by atoms with E-state index in [1.165, 1.54) is 0 Å². The number of aromatic amines is 1. The topological polar surface area (TPSA) is 92.8 Å². The molecule has 0 fully saturated rings. The van der Waals surface area contributed by atoms with Crippen molar-refractivity contribution >= 4 is 22.5 Å². The molecule has 5 rings (SSSR count). The van der Waals surface area contributed by atoms with Crippen LogP contribution in [0.1, 0.15) is 61.5 Å². The van der Waals surface area contributed by atoms with Crippen LogP contribution in [0.4, 0.5) is 0 Å². The second-order valence-electron chi connectivity index (χ2n) is 10.2. The van der Waals surface area contributed by atoms with Crippen molar-refractivity contribution in [2.45, 2.75) is 58.8 Å². The summed E-state index contributed by atoms with van der Waals surface area (Å²) in [6, 6.07) is 18.8. The van der Waals surface area contributed by atoms with Crippen molar-refractivity contribution in [2.24, 2.45) is 0 Å². The molecule has 9 heteroatoms. The highest BCUT2D eigenvalue weighted by Gasteiger charge is 2.35. The van der Waals surface area contributed by atoms with E-state index < -0.39 is 6.04 Å². The molecule has 0 aliphatic carbocycles. The van der Waals surface area contributed by atoms with Crippen molar-refractivity contribution in [1.82, 2.24) is 30.1 Å². The van der Waals surface area contributed by atoms with Crippen molar-refractivity contribution in [2.75, 3.05) is 0 Å². The number of pyridine rings is 1. The third kappa shape index (κ3) is 5.01. The van der Waals surface area contributed by atoms with Crippen molar-refractivity contribution < 1.29 is 4.42 Å². The van der Waals surface area contributed by atoms with Crippen LogP contribution in [-0.4, -0.2) is 30.1 Å². The van der Waals surface area contributed by atoms with Crippen LogP contribution in [0.25, 0.3) is 10.9 Å². The average molecular weight is 531 g/mol. The Morgan fingerprint density at radius 1 is 1.11 bits per heavy atom. The number of hydrogen-bond acceptors (Lipinski definition) is 6. The lowest BCUT2D eigenvalue weighted by Crippen LogP contribution is -2.38. The molecular formula is C29H31ClN6O2. The van der Waals surface area contributed by atoms with Gasteiger partial charge in [0, 0.05) is 17.1 Å². The predicted molar refractivity (Wildman–Crippen MR) is 148 cm³/mol. The van der Waals surface area contributed by atoms with E-state index in [2.05, 4.69) is 46.2 Å². The Kier molecular flexibility index (Phi) is 7.19. The van der Waals surface area contributed by atoms with E-state index in [4.69, 9.17) is 16.0 Å². The zero-order valence-electron chi connectivity index (χ0n) is 22.0. The second kappa shape index (κ2) is 10.6. The molecular weight excluding hydrogens is 500 g/mol. The van der Waals surface area contributed by atoms with Crippen molar-refractivity contribution in [3.8, 4) is 0 Å². The lowest BCUT2D eigenvalue weighted by Gasteiger charge is -2.33. The van der Waals surface area contributed by atoms with E-state index in [0.717, 1.165) is 34.2 Å². The van der Waals surface area contributed by atoms with Gasteiger partial charge in [-0.1, -0.05) is 54.9 Å². The van der Waals surface area contributed by atoms with E-state index in [9.17, 15) is 4.79 Å². The van der Waals surface area contributed by atoms with Gasteiger partial charge in [-0.15, -0.1) is 5.10 Å². The molecule has 0 aliphatic heterocycles. The number of tetrazole rings is 1. The molecule has 0 bridgehead atoms. The van der Waals surface area contributed by atoms with Gasteiger partial charge in [0.1, 0.15) is 11.8 Å². The first-order valence-corrected chi connectivity index (χ1v) is 13.1. The Hall–Kier alpha value is -3.75. The van der Waals surface area contributed by atoms with Crippen LogP contribution in [0.15, 0.2) is 76.1 Å². The van der Waals surface area contributed by atoms with E-state index >= 15 is 0 Å². The van der Waals surface area contributed by atoms with Gasteiger partial charge in [0.25, 0.3) is 5.56 Å². The monoisotopic (exact) mass is 530 g/mol. The number of nitrogens with zero attached hydrogens (tertiary/aromatic N) is 5. The Balaban J connectivity index is 1.75. The molecule has 0 radical (unpaired) electrons. The Morgan fingerprint density at radius 3 is 2.66 bits per heavy atom. The Morgan fingerprint density at radius 2 is 1.92 bits per heavy atom. The zero-order chi connectivity index (χ0) is 26.9. The van der Waals surface area contributed by atoms with Crippen molar-refractivity contribution in [3.63, 3.8) is 0 Å². The van der Waals surface area contributed by atoms with Gasteiger partial charge in [-0.3, -0.25) is 9.69 Å². The molecule has 1 N–H and O–H groups in total. The number of aromatic nitrogens is 5. The Labute approximate surface area is 226 Å². The first kappa shape index (κ1) is 25.9. The molecule has 0 amide bonds. The molecule has 3 heterocycles. The summed E-state index contributed by atoms with van der Waals surface area (Å²) < 4.78 is 7.58. The summed E-state index contributed by atoms with van der Waals surface area (Å²) in [6.45, 7) is 9.10. The molecule has 1 atom stereocenters. The van der Waals surface area contributed by atoms with Crippen LogP contribution in [0.5, 0.6) is 0 Å². The molecule has 196 valence electrons. The number of nitrogens with one attached hydrogen (secondary N) is 1. The summed E-state index contributed by atoms with van der Waals surface area (Å²) in [5.74, 6) is 1.33. The Bertz CT molecular complexity index is 1610. The third-order valence-corrected chi connectivity index (χ3v) is 7.59. The van der Waals surface area contributed by atoms with E-state index in [1.807, 2.05) is 72.3 Å². The molecule has 0 unspecified atom stereocenters. The maximum Gasteiger partial charge on any atom is 0.253 e. The smallest absolute Gasteiger partial charge is 0.253 e. The predicted octanol–water partition coefficient (Wildman–Crippen LogP) is 6.01. The summed E-state index contributed by atoms with van der Waals surface area (Å²) in [5, 5.41) is 14.5. The van der Waals surface area contributed by atoms with E-state index in [0.29, 0.717) is 29.5 Å². The van der Waals surface area contributed by atoms with Crippen molar-refractivity contribution in [3.05, 3.63) is 111 Å². The fourth-order valence-corrected chi connectivity index (χ4v) is 4.93. The van der Waals surface area contributed by atoms with Gasteiger partial charge >= 0.3 is 0 Å². The van der Waals surface area contributed by atoms with Crippen LogP contribution in [0.2, 0.25) is 5.02 Å². The minimum atomic E-state index is -0.592. The van der Waals surface area contributed by atoms with Crippen molar-refractivity contribution in [1.29, 1.82) is 0 Å². The summed E-state index contributed by atoms with van der Waals surface area (Å²) in [4.78, 5) is 19.0. The van der Waals surface area contributed by atoms with Gasteiger partial charge in [-0.25, -0.2) is 4.68 Å². The number of benzene rings is 2. The molecule has 5 aromatic rings. The number of halogens is 1. The summed E-state index contributed by atoms with van der Waals surface area (Å²) >= 11 is 6.62. The largest absolute Gasteiger partial charge is 0.468 e. The van der Waals surface area contributed by atoms with Gasteiger partial charge in [-0.05, 0) is 78.4 Å². The van der Waals surface area contributed by atoms with Gasteiger partial charge in [0.15, 0.2) is 5.82 Å². The quantitative estimate of drug-likeness (QED) is 0.251. The molecule has 0 saturated heterocycles. The molecule has 0 spiro atoms. The molecule has 38 heavy (non-hydrogen) atoms. The first-order valence-electron chi connectivity index (χ1n) is 12.7. The minimum absolute atomic E-state index is 0.191. The number of furan rings is 1. The minimum Gasteiger partial charge on any atom is -0.468 e. The number of fused-ring (bicyclic) bond motifs is 1. The van der Waals surface area contributed by atoms with Gasteiger partial charge in [-0.2, -0.15) is 0 Å². The van der Waals surface area contributed by atoms with Crippen LogP contribution >= 0.6 is 11.6 Å². The number of para-hydroxylation sites is 1. The molecule has 2 aromatic carbocycles. The number of hydrogen-bond donors (Lipinski definition) is 1. The van der Waals surface area contributed by atoms with E-state index in [-0.39, 0.29) is 11.1 Å². The second-order valence-corrected chi connectivity index (χ2v) is 10.6. The SMILES string of the molecule is CCC(C)(C)n1nnnc1[C@@H](c1cc2cccc(C)c2[nH]c1=O)N(Cc1ccco1)Cc1ccccc1Cl. The third-order valence-electron chi connectivity index (χ3n) is 7.22. The van der Waals surface area contributed by atoms with Gasteiger partial charge in [0.2, 0.25) is 0 Å².